The van der Waals surface area contributed by atoms with E-state index in [9.17, 15) is 9.59 Å². The van der Waals surface area contributed by atoms with E-state index in [0.29, 0.717) is 25.9 Å². The lowest BCUT2D eigenvalue weighted by Crippen LogP contribution is -2.44. The predicted molar refractivity (Wildman–Crippen MR) is 108 cm³/mol. The number of carbonyl (C=O) groups is 2. The van der Waals surface area contributed by atoms with Gasteiger partial charge in [-0.1, -0.05) is 36.4 Å². The molecule has 0 radical (unpaired) electrons. The Hall–Kier alpha value is -3.19. The van der Waals surface area contributed by atoms with Crippen LogP contribution in [-0.4, -0.2) is 25.3 Å². The van der Waals surface area contributed by atoms with E-state index in [4.69, 9.17) is 26.4 Å². The highest BCUT2D eigenvalue weighted by Gasteiger charge is 2.41. The Bertz CT molecular complexity index is 863. The number of benzene rings is 2. The van der Waals surface area contributed by atoms with Crippen molar-refractivity contribution < 1.29 is 19.1 Å². The minimum atomic E-state index is -0.829. The lowest BCUT2D eigenvalue weighted by molar-refractivity contribution is -0.130. The van der Waals surface area contributed by atoms with Gasteiger partial charge >= 0.3 is 0 Å². The van der Waals surface area contributed by atoms with E-state index in [0.717, 1.165) is 46.2 Å². The first-order valence-electron chi connectivity index (χ1n) is 9.46. The Labute approximate surface area is 169 Å². The molecular weight excluding hydrogens is 370 g/mol. The van der Waals surface area contributed by atoms with Crippen LogP contribution in [0.4, 0.5) is 0 Å². The van der Waals surface area contributed by atoms with Gasteiger partial charge in [-0.2, -0.15) is 0 Å². The molecule has 0 saturated heterocycles. The van der Waals surface area contributed by atoms with E-state index in [1.807, 2.05) is 36.4 Å². The van der Waals surface area contributed by atoms with E-state index < -0.39 is 5.41 Å². The molecule has 1 aliphatic rings. The number of carbonyl (C=O) groups excluding carboxylic acids is 2. The summed E-state index contributed by atoms with van der Waals surface area (Å²) >= 11 is 0. The highest BCUT2D eigenvalue weighted by Crippen LogP contribution is 2.42. The summed E-state index contributed by atoms with van der Waals surface area (Å²) in [6.45, 7) is 1.61. The molecule has 0 heterocycles. The van der Waals surface area contributed by atoms with E-state index >= 15 is 0 Å². The van der Waals surface area contributed by atoms with Gasteiger partial charge in [-0.3, -0.25) is 15.0 Å². The van der Waals surface area contributed by atoms with Crippen molar-refractivity contribution in [2.24, 2.45) is 11.5 Å². The SMILES string of the molecule is N=C(N)C1(CCN)c2ccc(COC=O)cc2CCc2cc(COC=O)ccc21. The van der Waals surface area contributed by atoms with E-state index in [-0.39, 0.29) is 19.0 Å². The third kappa shape index (κ3) is 3.86. The van der Waals surface area contributed by atoms with Gasteiger partial charge in [0.2, 0.25) is 0 Å². The van der Waals surface area contributed by atoms with Gasteiger partial charge in [0.1, 0.15) is 19.0 Å². The number of fused-ring (bicyclic) bond motifs is 2. The lowest BCUT2D eigenvalue weighted by atomic mass is 9.69. The molecule has 5 N–H and O–H groups in total. The van der Waals surface area contributed by atoms with Crippen molar-refractivity contribution >= 4 is 18.8 Å². The second-order valence-corrected chi connectivity index (χ2v) is 7.16. The molecule has 2 aromatic rings. The van der Waals surface area contributed by atoms with Crippen molar-refractivity contribution in [2.45, 2.75) is 37.9 Å². The van der Waals surface area contributed by atoms with Crippen LogP contribution in [-0.2, 0) is 50.5 Å². The number of hydrogen-bond acceptors (Lipinski definition) is 6. The Morgan fingerprint density at radius 1 is 0.966 bits per heavy atom. The van der Waals surface area contributed by atoms with E-state index in [1.165, 1.54) is 0 Å². The molecule has 0 bridgehead atoms. The summed E-state index contributed by atoms with van der Waals surface area (Å²) in [6, 6.07) is 11.7. The molecule has 0 unspecified atom stereocenters. The number of nitrogens with two attached hydrogens (primary N) is 2. The van der Waals surface area contributed by atoms with Gasteiger partial charge in [-0.15, -0.1) is 0 Å². The number of hydrogen-bond donors (Lipinski definition) is 3. The first kappa shape index (κ1) is 20.5. The zero-order valence-electron chi connectivity index (χ0n) is 16.1. The number of nitrogens with one attached hydrogen (secondary N) is 1. The molecular formula is C22H25N3O4. The molecule has 0 saturated carbocycles. The highest BCUT2D eigenvalue weighted by molar-refractivity contribution is 5.94. The monoisotopic (exact) mass is 395 g/mol. The number of aryl methyl sites for hydroxylation is 2. The second kappa shape index (κ2) is 8.87. The van der Waals surface area contributed by atoms with Gasteiger partial charge < -0.3 is 20.9 Å². The van der Waals surface area contributed by atoms with Crippen molar-refractivity contribution in [2.75, 3.05) is 6.54 Å². The fourth-order valence-corrected chi connectivity index (χ4v) is 4.31. The minimum absolute atomic E-state index is 0.0427. The molecule has 152 valence electrons. The van der Waals surface area contributed by atoms with Crippen LogP contribution in [0, 0.1) is 5.41 Å². The van der Waals surface area contributed by atoms with Crippen LogP contribution in [0.15, 0.2) is 36.4 Å². The van der Waals surface area contributed by atoms with Crippen LogP contribution in [0.25, 0.3) is 0 Å². The predicted octanol–water partition coefficient (Wildman–Crippen LogP) is 1.70. The number of amidine groups is 1. The summed E-state index contributed by atoms with van der Waals surface area (Å²) in [6.07, 6.45) is 1.99. The maximum Gasteiger partial charge on any atom is 0.293 e. The molecule has 0 amide bonds. The van der Waals surface area contributed by atoms with Gasteiger partial charge in [0.15, 0.2) is 0 Å². The molecule has 3 rings (SSSR count). The quantitative estimate of drug-likeness (QED) is 0.337. The molecule has 1 aliphatic carbocycles. The molecule has 7 nitrogen and oxygen atoms in total. The highest BCUT2D eigenvalue weighted by atomic mass is 16.5. The van der Waals surface area contributed by atoms with Gasteiger partial charge in [-0.05, 0) is 59.2 Å². The minimum Gasteiger partial charge on any atom is -0.463 e. The Morgan fingerprint density at radius 2 is 1.45 bits per heavy atom. The van der Waals surface area contributed by atoms with Gasteiger partial charge in [0, 0.05) is 0 Å². The zero-order valence-corrected chi connectivity index (χ0v) is 16.1. The lowest BCUT2D eigenvalue weighted by Gasteiger charge is -2.35. The second-order valence-electron chi connectivity index (χ2n) is 7.16. The van der Waals surface area contributed by atoms with E-state index in [1.54, 1.807) is 0 Å². The first-order chi connectivity index (χ1) is 14.1. The summed E-state index contributed by atoms with van der Waals surface area (Å²) in [4.78, 5) is 21.1. The smallest absolute Gasteiger partial charge is 0.293 e. The molecule has 0 atom stereocenters. The molecule has 29 heavy (non-hydrogen) atoms. The molecule has 2 aromatic carbocycles. The van der Waals surface area contributed by atoms with Crippen LogP contribution in [0.5, 0.6) is 0 Å². The van der Waals surface area contributed by atoms with Crippen molar-refractivity contribution in [3.63, 3.8) is 0 Å². The standard InChI is InChI=1S/C22H25N3O4/c23-8-7-22(21(24)25)19-5-1-15(11-28-13-26)9-17(19)3-4-18-10-16(12-29-14-27)2-6-20(18)22/h1-2,5-6,9-10,13-14H,3-4,7-8,11-12,23H2,(H3,24,25). The average molecular weight is 395 g/mol. The topological polar surface area (TPSA) is 128 Å². The Balaban J connectivity index is 2.16. The van der Waals surface area contributed by atoms with Gasteiger partial charge in [0.05, 0.1) is 5.41 Å². The maximum atomic E-state index is 10.5. The van der Waals surface area contributed by atoms with Crippen LogP contribution < -0.4 is 11.5 Å². The molecule has 0 spiro atoms. The first-order valence-corrected chi connectivity index (χ1v) is 9.46. The number of rotatable bonds is 9. The van der Waals surface area contributed by atoms with Gasteiger partial charge in [0.25, 0.3) is 12.9 Å². The third-order valence-electron chi connectivity index (χ3n) is 5.54. The fourth-order valence-electron chi connectivity index (χ4n) is 4.31. The molecule has 0 fully saturated rings. The molecule has 0 aliphatic heterocycles. The molecule has 0 aromatic heterocycles. The van der Waals surface area contributed by atoms with Crippen LogP contribution >= 0.6 is 0 Å². The largest absolute Gasteiger partial charge is 0.463 e. The Kier molecular flexibility index (Phi) is 6.29. The summed E-state index contributed by atoms with van der Waals surface area (Å²) < 4.78 is 9.79. The fraction of sp³-hybridized carbons (Fsp3) is 0.318. The van der Waals surface area contributed by atoms with E-state index in [2.05, 4.69) is 0 Å². The summed E-state index contributed by atoms with van der Waals surface area (Å²) in [7, 11) is 0. The van der Waals surface area contributed by atoms with Gasteiger partial charge in [-0.25, -0.2) is 0 Å². The number of ether oxygens (including phenoxy) is 2. The zero-order chi connectivity index (χ0) is 20.9. The van der Waals surface area contributed by atoms with Crippen molar-refractivity contribution in [1.29, 1.82) is 5.41 Å². The summed E-state index contributed by atoms with van der Waals surface area (Å²) in [5.74, 6) is 0.0427. The van der Waals surface area contributed by atoms with Crippen LogP contribution in [0.1, 0.15) is 39.8 Å². The normalized spacial score (nSPS) is 14.1. The third-order valence-corrected chi connectivity index (χ3v) is 5.54. The average Bonchev–Trinajstić information content (AvgIpc) is 2.86. The summed E-state index contributed by atoms with van der Waals surface area (Å²) in [5, 5.41) is 8.51. The molecule has 7 heteroatoms. The van der Waals surface area contributed by atoms with Crippen molar-refractivity contribution in [3.8, 4) is 0 Å². The van der Waals surface area contributed by atoms with Crippen molar-refractivity contribution in [1.82, 2.24) is 0 Å². The Morgan fingerprint density at radius 3 is 1.83 bits per heavy atom. The van der Waals surface area contributed by atoms with Crippen LogP contribution in [0.3, 0.4) is 0 Å². The maximum absolute atomic E-state index is 10.5. The van der Waals surface area contributed by atoms with Crippen LogP contribution in [0.2, 0.25) is 0 Å². The summed E-state index contributed by atoms with van der Waals surface area (Å²) in [5.41, 5.74) is 17.1. The van der Waals surface area contributed by atoms with Crippen molar-refractivity contribution in [3.05, 3.63) is 69.8 Å².